The van der Waals surface area contributed by atoms with Crippen molar-refractivity contribution in [3.63, 3.8) is 0 Å². The fourth-order valence-corrected chi connectivity index (χ4v) is 3.53. The van der Waals surface area contributed by atoms with E-state index in [-0.39, 0.29) is 5.82 Å². The molecule has 2 aromatic carbocycles. The van der Waals surface area contributed by atoms with Crippen molar-refractivity contribution in [1.29, 1.82) is 0 Å². The molecule has 0 saturated carbocycles. The Morgan fingerprint density at radius 2 is 1.67 bits per heavy atom. The van der Waals surface area contributed by atoms with Crippen molar-refractivity contribution in [2.45, 2.75) is 44.8 Å². The second-order valence-electron chi connectivity index (χ2n) is 6.93. The van der Waals surface area contributed by atoms with Gasteiger partial charge in [0.2, 0.25) is 0 Å². The van der Waals surface area contributed by atoms with E-state index in [9.17, 15) is 4.39 Å². The average molecular weight is 326 g/mol. The van der Waals surface area contributed by atoms with Crippen LogP contribution in [0.4, 0.5) is 4.39 Å². The van der Waals surface area contributed by atoms with Gasteiger partial charge in [-0.2, -0.15) is 0 Å². The van der Waals surface area contributed by atoms with Crippen LogP contribution in [0.1, 0.15) is 30.9 Å². The Kier molecular flexibility index (Phi) is 6.00. The third kappa shape index (κ3) is 5.15. The lowest BCUT2D eigenvalue weighted by Crippen LogP contribution is -2.45. The van der Waals surface area contributed by atoms with Crippen LogP contribution >= 0.6 is 0 Å². The van der Waals surface area contributed by atoms with Gasteiger partial charge in [0.25, 0.3) is 0 Å². The molecule has 0 aromatic heterocycles. The summed E-state index contributed by atoms with van der Waals surface area (Å²) in [7, 11) is 0. The smallest absolute Gasteiger partial charge is 0.123 e. The normalized spacial score (nSPS) is 17.8. The van der Waals surface area contributed by atoms with Gasteiger partial charge in [0.1, 0.15) is 5.82 Å². The molecule has 3 rings (SSSR count). The molecule has 0 radical (unpaired) electrons. The van der Waals surface area contributed by atoms with Crippen molar-refractivity contribution in [2.24, 2.45) is 0 Å². The van der Waals surface area contributed by atoms with Gasteiger partial charge in [0.05, 0.1) is 0 Å². The van der Waals surface area contributed by atoms with Crippen molar-refractivity contribution >= 4 is 0 Å². The summed E-state index contributed by atoms with van der Waals surface area (Å²) in [6.45, 7) is 5.57. The second-order valence-corrected chi connectivity index (χ2v) is 6.93. The number of hydrogen-bond donors (Lipinski definition) is 1. The summed E-state index contributed by atoms with van der Waals surface area (Å²) >= 11 is 0. The molecule has 1 saturated heterocycles. The quantitative estimate of drug-likeness (QED) is 0.863. The maximum atomic E-state index is 13.0. The third-order valence-electron chi connectivity index (χ3n) is 4.81. The Morgan fingerprint density at radius 1 is 1.00 bits per heavy atom. The van der Waals surface area contributed by atoms with Gasteiger partial charge in [-0.05, 0) is 62.5 Å². The van der Waals surface area contributed by atoms with E-state index in [1.807, 2.05) is 12.1 Å². The molecule has 2 nitrogen and oxygen atoms in total. The number of nitrogens with zero attached hydrogens (tertiary/aromatic N) is 1. The first-order valence-electron chi connectivity index (χ1n) is 8.96. The van der Waals surface area contributed by atoms with Crippen molar-refractivity contribution in [1.82, 2.24) is 10.2 Å². The first-order valence-corrected chi connectivity index (χ1v) is 8.96. The molecule has 1 fully saturated rings. The van der Waals surface area contributed by atoms with E-state index in [2.05, 4.69) is 47.5 Å². The summed E-state index contributed by atoms with van der Waals surface area (Å²) in [5, 5.41) is 3.75. The van der Waals surface area contributed by atoms with Crippen LogP contribution in [0.25, 0.3) is 0 Å². The van der Waals surface area contributed by atoms with E-state index in [0.29, 0.717) is 12.1 Å². The average Bonchev–Trinajstić information content (AvgIpc) is 2.60. The lowest BCUT2D eigenvalue weighted by molar-refractivity contribution is 0.185. The Balaban J connectivity index is 1.41. The molecule has 0 amide bonds. The minimum absolute atomic E-state index is 0.162. The van der Waals surface area contributed by atoms with Gasteiger partial charge < -0.3 is 5.32 Å². The second kappa shape index (κ2) is 8.41. The van der Waals surface area contributed by atoms with Gasteiger partial charge in [-0.15, -0.1) is 0 Å². The minimum Gasteiger partial charge on any atom is -0.311 e. The Morgan fingerprint density at radius 3 is 2.33 bits per heavy atom. The topological polar surface area (TPSA) is 15.3 Å². The van der Waals surface area contributed by atoms with Crippen LogP contribution < -0.4 is 5.32 Å². The van der Waals surface area contributed by atoms with Gasteiger partial charge in [-0.1, -0.05) is 42.5 Å². The summed E-state index contributed by atoms with van der Waals surface area (Å²) < 4.78 is 13.0. The zero-order valence-corrected chi connectivity index (χ0v) is 14.4. The molecule has 1 N–H and O–H groups in total. The lowest BCUT2D eigenvalue weighted by atomic mass is 10.0. The monoisotopic (exact) mass is 326 g/mol. The summed E-state index contributed by atoms with van der Waals surface area (Å²) in [4.78, 5) is 2.54. The summed E-state index contributed by atoms with van der Waals surface area (Å²) in [6.07, 6.45) is 3.34. The standard InChI is InChI=1S/C21H27FN2/c1-17(15-18-7-9-20(22)10-8-18)23-21-11-13-24(14-12-21)16-19-5-3-2-4-6-19/h2-10,17,21,23H,11-16H2,1H3/t17-/m0/s1. The SMILES string of the molecule is C[C@@H](Cc1ccc(F)cc1)NC1CCN(Cc2ccccc2)CC1. The number of benzene rings is 2. The minimum atomic E-state index is -0.162. The van der Waals surface area contributed by atoms with E-state index >= 15 is 0 Å². The molecule has 1 aliphatic heterocycles. The molecule has 0 unspecified atom stereocenters. The highest BCUT2D eigenvalue weighted by atomic mass is 19.1. The highest BCUT2D eigenvalue weighted by Crippen LogP contribution is 2.15. The van der Waals surface area contributed by atoms with Gasteiger partial charge >= 0.3 is 0 Å². The van der Waals surface area contributed by atoms with Crippen molar-refractivity contribution < 1.29 is 4.39 Å². The molecular formula is C21H27FN2. The van der Waals surface area contributed by atoms with Crippen molar-refractivity contribution in [3.8, 4) is 0 Å². The number of likely N-dealkylation sites (tertiary alicyclic amines) is 1. The fourth-order valence-electron chi connectivity index (χ4n) is 3.53. The highest BCUT2D eigenvalue weighted by molar-refractivity contribution is 5.17. The van der Waals surface area contributed by atoms with Crippen LogP contribution in [0, 0.1) is 5.82 Å². The molecule has 0 spiro atoms. The molecular weight excluding hydrogens is 299 g/mol. The predicted octanol–water partition coefficient (Wildman–Crippen LogP) is 4.01. The number of halogens is 1. The maximum absolute atomic E-state index is 13.0. The molecule has 128 valence electrons. The lowest BCUT2D eigenvalue weighted by Gasteiger charge is -2.34. The van der Waals surface area contributed by atoms with Crippen LogP contribution in [0.3, 0.4) is 0 Å². The molecule has 1 aliphatic rings. The molecule has 2 aromatic rings. The molecule has 1 heterocycles. The maximum Gasteiger partial charge on any atom is 0.123 e. The number of nitrogens with one attached hydrogen (secondary N) is 1. The van der Waals surface area contributed by atoms with Gasteiger partial charge in [-0.3, -0.25) is 4.90 Å². The Bertz CT molecular complexity index is 603. The summed E-state index contributed by atoms with van der Waals surface area (Å²) in [5.41, 5.74) is 2.59. The van der Waals surface area contributed by atoms with E-state index < -0.39 is 0 Å². The van der Waals surface area contributed by atoms with E-state index in [4.69, 9.17) is 0 Å². The van der Waals surface area contributed by atoms with E-state index in [1.165, 1.54) is 24.0 Å². The number of hydrogen-bond acceptors (Lipinski definition) is 2. The molecule has 0 bridgehead atoms. The largest absolute Gasteiger partial charge is 0.311 e. The van der Waals surface area contributed by atoms with Crippen LogP contribution in [-0.4, -0.2) is 30.1 Å². The Hall–Kier alpha value is -1.71. The molecule has 1 atom stereocenters. The first kappa shape index (κ1) is 17.1. The fraction of sp³-hybridized carbons (Fsp3) is 0.429. The molecule has 3 heteroatoms. The predicted molar refractivity (Wildman–Crippen MR) is 97.4 cm³/mol. The van der Waals surface area contributed by atoms with Gasteiger partial charge in [0.15, 0.2) is 0 Å². The number of rotatable bonds is 6. The van der Waals surface area contributed by atoms with Crippen LogP contribution in [0.5, 0.6) is 0 Å². The zero-order chi connectivity index (χ0) is 16.8. The van der Waals surface area contributed by atoms with Gasteiger partial charge in [-0.25, -0.2) is 4.39 Å². The summed E-state index contributed by atoms with van der Waals surface area (Å²) in [6, 6.07) is 18.6. The van der Waals surface area contributed by atoms with Crippen molar-refractivity contribution in [2.75, 3.05) is 13.1 Å². The third-order valence-corrected chi connectivity index (χ3v) is 4.81. The van der Waals surface area contributed by atoms with E-state index in [0.717, 1.165) is 26.1 Å². The molecule has 24 heavy (non-hydrogen) atoms. The van der Waals surface area contributed by atoms with Gasteiger partial charge in [0, 0.05) is 18.6 Å². The van der Waals surface area contributed by atoms with Crippen molar-refractivity contribution in [3.05, 3.63) is 71.5 Å². The highest BCUT2D eigenvalue weighted by Gasteiger charge is 2.20. The van der Waals surface area contributed by atoms with E-state index in [1.54, 1.807) is 12.1 Å². The van der Waals surface area contributed by atoms with Crippen LogP contribution in [0.2, 0.25) is 0 Å². The van der Waals surface area contributed by atoms with Crippen LogP contribution in [0.15, 0.2) is 54.6 Å². The Labute approximate surface area is 144 Å². The molecule has 0 aliphatic carbocycles. The summed E-state index contributed by atoms with van der Waals surface area (Å²) in [5.74, 6) is -0.162. The number of piperidine rings is 1. The zero-order valence-electron chi connectivity index (χ0n) is 14.4. The van der Waals surface area contributed by atoms with Crippen LogP contribution in [-0.2, 0) is 13.0 Å². The first-order chi connectivity index (χ1) is 11.7.